The van der Waals surface area contributed by atoms with Crippen LogP contribution in [0.3, 0.4) is 0 Å². The second-order valence-corrected chi connectivity index (χ2v) is 8.10. The summed E-state index contributed by atoms with van der Waals surface area (Å²) in [4.78, 5) is 24.0. The Morgan fingerprint density at radius 2 is 1.91 bits per heavy atom. The van der Waals surface area contributed by atoms with Crippen LogP contribution in [-0.2, 0) is 7.05 Å². The number of hydrogen-bond acceptors (Lipinski definition) is 7. The molecule has 0 bridgehead atoms. The van der Waals surface area contributed by atoms with Gasteiger partial charge in [-0.05, 0) is 38.0 Å². The Bertz CT molecular complexity index is 1130. The molecule has 4 heterocycles. The average molecular weight is 579 g/mol. The van der Waals surface area contributed by atoms with Crippen molar-refractivity contribution in [1.29, 1.82) is 0 Å². The third-order valence-electron chi connectivity index (χ3n) is 5.64. The van der Waals surface area contributed by atoms with Gasteiger partial charge < -0.3 is 28.9 Å². The van der Waals surface area contributed by atoms with Gasteiger partial charge in [0.2, 0.25) is 5.88 Å². The minimum Gasteiger partial charge on any atom is -0.508 e. The zero-order valence-electron chi connectivity index (χ0n) is 19.6. The van der Waals surface area contributed by atoms with E-state index in [1.165, 1.54) is 0 Å². The highest BCUT2D eigenvalue weighted by Crippen LogP contribution is 2.39. The maximum Gasteiger partial charge on any atom is 0.274 e. The van der Waals surface area contributed by atoms with Gasteiger partial charge in [0.05, 0.1) is 37.6 Å². The lowest BCUT2D eigenvalue weighted by Crippen LogP contribution is -2.28. The topological polar surface area (TPSA) is 93.0 Å². The smallest absolute Gasteiger partial charge is 0.274 e. The molecular formula is C24H30IN5O4. The summed E-state index contributed by atoms with van der Waals surface area (Å²) >= 11 is 0. The number of benzene rings is 1. The summed E-state index contributed by atoms with van der Waals surface area (Å²) in [6.07, 6.45) is 7.44. The van der Waals surface area contributed by atoms with Crippen LogP contribution in [0.15, 0.2) is 43.0 Å². The monoisotopic (exact) mass is 579 g/mol. The second-order valence-electron chi connectivity index (χ2n) is 8.10. The normalized spacial score (nSPS) is 14.3. The van der Waals surface area contributed by atoms with E-state index in [2.05, 4.69) is 14.9 Å². The lowest BCUT2D eigenvalue weighted by molar-refractivity contribution is 0.0787. The summed E-state index contributed by atoms with van der Waals surface area (Å²) in [5, 5.41) is 9.67. The molecule has 2 aliphatic rings. The van der Waals surface area contributed by atoms with Gasteiger partial charge in [-0.1, -0.05) is 0 Å². The number of likely N-dealkylation sites (tertiary alicyclic amines) is 1. The van der Waals surface area contributed by atoms with Gasteiger partial charge in [0.15, 0.2) is 0 Å². The molecule has 3 aromatic rings. The van der Waals surface area contributed by atoms with Crippen LogP contribution in [0.25, 0.3) is 0 Å². The van der Waals surface area contributed by atoms with E-state index in [0.717, 1.165) is 48.6 Å². The zero-order chi connectivity index (χ0) is 23.4. The summed E-state index contributed by atoms with van der Waals surface area (Å²) in [6, 6.07) is 7.12. The molecule has 1 aromatic carbocycles. The van der Waals surface area contributed by atoms with Gasteiger partial charge in [0.1, 0.15) is 23.8 Å². The van der Waals surface area contributed by atoms with Crippen LogP contribution in [0.4, 0.5) is 11.4 Å². The molecule has 1 amide bonds. The number of phenols is 1. The molecule has 182 valence electrons. The zero-order valence-corrected chi connectivity index (χ0v) is 21.9. The Morgan fingerprint density at radius 3 is 2.56 bits per heavy atom. The van der Waals surface area contributed by atoms with Gasteiger partial charge in [-0.3, -0.25) is 4.79 Å². The molecule has 1 fully saturated rings. The summed E-state index contributed by atoms with van der Waals surface area (Å²) in [6.45, 7) is 5.04. The molecule has 0 radical (unpaired) electrons. The van der Waals surface area contributed by atoms with E-state index in [4.69, 9.17) is 9.47 Å². The number of nitrogens with zero attached hydrogens (tertiary/aromatic N) is 5. The number of carbonyl (C=O) groups excluding carboxylic acids is 1. The number of aromatic nitrogens is 3. The van der Waals surface area contributed by atoms with Gasteiger partial charge in [-0.25, -0.2) is 9.97 Å². The Labute approximate surface area is 216 Å². The van der Waals surface area contributed by atoms with E-state index in [0.29, 0.717) is 24.7 Å². The number of anilines is 2. The van der Waals surface area contributed by atoms with Crippen molar-refractivity contribution in [2.45, 2.75) is 19.8 Å². The molecule has 5 rings (SSSR count). The Hall–Kier alpha value is -3.02. The second kappa shape index (κ2) is 11.4. The van der Waals surface area contributed by atoms with Crippen LogP contribution in [0, 0.1) is 6.92 Å². The molecule has 0 aliphatic carbocycles. The number of ether oxygens (including phenoxy) is 2. The number of halogens is 1. The molecule has 0 spiro atoms. The number of amides is 1. The van der Waals surface area contributed by atoms with Crippen molar-refractivity contribution in [3.8, 4) is 17.4 Å². The first-order valence-corrected chi connectivity index (χ1v) is 11.0. The van der Waals surface area contributed by atoms with Crippen molar-refractivity contribution in [3.05, 3.63) is 54.2 Å². The molecule has 0 unspecified atom stereocenters. The predicted octanol–water partition coefficient (Wildman–Crippen LogP) is 3.91. The first-order chi connectivity index (χ1) is 16.0. The molecule has 2 aromatic heterocycles. The number of aryl methyl sites for hydroxylation is 2. The van der Waals surface area contributed by atoms with Crippen molar-refractivity contribution in [2.75, 3.05) is 38.3 Å². The molecule has 0 saturated carbocycles. The largest absolute Gasteiger partial charge is 0.508 e. The standard InChI is InChI=1S/C15H16N2O3.C9H13N3O.HI/c1-10-7-11(9-16-15(10)19-2)17-5-6-20-14-4-3-12(18)8-13(14)17;1-11-6-8(10-7-11)9(13)12-4-2-3-5-12;/h3-4,7-9,18H,5-6H2,1-2H3;6-7H,2-5H2,1H3;1H. The molecule has 9 nitrogen and oxygen atoms in total. The van der Waals surface area contributed by atoms with Crippen molar-refractivity contribution >= 4 is 41.3 Å². The maximum absolute atomic E-state index is 11.7. The molecule has 2 aliphatic heterocycles. The fraction of sp³-hybridized carbons (Fsp3) is 0.375. The number of fused-ring (bicyclic) bond motifs is 1. The number of imidazole rings is 1. The average Bonchev–Trinajstić information content (AvgIpc) is 3.51. The SMILES string of the molecule is COc1ncc(N2CCOc3ccc(O)cc32)cc1C.Cn1cnc(C(=O)N2CCCC2)c1.I. The third kappa shape index (κ3) is 5.72. The van der Waals surface area contributed by atoms with Gasteiger partial charge in [0, 0.05) is 38.0 Å². The minimum absolute atomic E-state index is 0. The highest BCUT2D eigenvalue weighted by molar-refractivity contribution is 14.0. The van der Waals surface area contributed by atoms with Crippen LogP contribution in [-0.4, -0.2) is 63.8 Å². The van der Waals surface area contributed by atoms with Crippen molar-refractivity contribution in [2.24, 2.45) is 7.05 Å². The quantitative estimate of drug-likeness (QED) is 0.471. The number of hydrogen-bond donors (Lipinski definition) is 1. The van der Waals surface area contributed by atoms with Crippen LogP contribution < -0.4 is 14.4 Å². The molecular weight excluding hydrogens is 549 g/mol. The lowest BCUT2D eigenvalue weighted by Gasteiger charge is -2.31. The summed E-state index contributed by atoms with van der Waals surface area (Å²) in [7, 11) is 3.48. The van der Waals surface area contributed by atoms with E-state index in [9.17, 15) is 9.90 Å². The van der Waals surface area contributed by atoms with Crippen LogP contribution in [0.2, 0.25) is 0 Å². The van der Waals surface area contributed by atoms with Crippen molar-refractivity contribution in [3.63, 3.8) is 0 Å². The minimum atomic E-state index is 0. The van der Waals surface area contributed by atoms with E-state index < -0.39 is 0 Å². The Balaban J connectivity index is 0.000000201. The molecule has 1 N–H and O–H groups in total. The Kier molecular flexibility index (Phi) is 8.59. The first kappa shape index (κ1) is 25.6. The highest BCUT2D eigenvalue weighted by atomic mass is 127. The number of phenolic OH excluding ortho intramolecular Hbond substituents is 1. The molecule has 34 heavy (non-hydrogen) atoms. The lowest BCUT2D eigenvalue weighted by atomic mass is 10.2. The highest BCUT2D eigenvalue weighted by Gasteiger charge is 2.22. The molecule has 10 heteroatoms. The van der Waals surface area contributed by atoms with Crippen LogP contribution in [0.1, 0.15) is 28.9 Å². The third-order valence-corrected chi connectivity index (χ3v) is 5.64. The predicted molar refractivity (Wildman–Crippen MR) is 140 cm³/mol. The van der Waals surface area contributed by atoms with Gasteiger partial charge in [0.25, 0.3) is 5.91 Å². The van der Waals surface area contributed by atoms with Gasteiger partial charge >= 0.3 is 0 Å². The fourth-order valence-electron chi connectivity index (χ4n) is 3.99. The maximum atomic E-state index is 11.7. The fourth-order valence-corrected chi connectivity index (χ4v) is 3.99. The van der Waals surface area contributed by atoms with Gasteiger partial charge in [-0.15, -0.1) is 24.0 Å². The van der Waals surface area contributed by atoms with E-state index in [-0.39, 0.29) is 35.6 Å². The summed E-state index contributed by atoms with van der Waals surface area (Å²) < 4.78 is 12.6. The number of pyridine rings is 1. The van der Waals surface area contributed by atoms with Crippen LogP contribution in [0.5, 0.6) is 17.4 Å². The number of methoxy groups -OCH3 is 1. The van der Waals surface area contributed by atoms with Crippen LogP contribution >= 0.6 is 24.0 Å². The van der Waals surface area contributed by atoms with Gasteiger partial charge in [-0.2, -0.15) is 0 Å². The number of rotatable bonds is 3. The number of carbonyl (C=O) groups is 1. The van der Waals surface area contributed by atoms with E-state index in [1.807, 2.05) is 24.9 Å². The first-order valence-electron chi connectivity index (χ1n) is 11.0. The van der Waals surface area contributed by atoms with E-state index >= 15 is 0 Å². The van der Waals surface area contributed by atoms with Crippen molar-refractivity contribution < 1.29 is 19.4 Å². The van der Waals surface area contributed by atoms with Crippen molar-refractivity contribution in [1.82, 2.24) is 19.4 Å². The van der Waals surface area contributed by atoms with E-state index in [1.54, 1.807) is 48.6 Å². The molecule has 1 saturated heterocycles. The number of aromatic hydroxyl groups is 1. The summed E-state index contributed by atoms with van der Waals surface area (Å²) in [5.74, 6) is 1.68. The molecule has 0 atom stereocenters. The summed E-state index contributed by atoms with van der Waals surface area (Å²) in [5.41, 5.74) is 3.34. The Morgan fingerprint density at radius 1 is 1.15 bits per heavy atom.